The molecule has 1 aliphatic rings. The summed E-state index contributed by atoms with van der Waals surface area (Å²) in [7, 11) is 3.66. The van der Waals surface area contributed by atoms with Gasteiger partial charge in [0.1, 0.15) is 0 Å². The molecule has 100 valence electrons. The molecule has 1 atom stereocenters. The summed E-state index contributed by atoms with van der Waals surface area (Å²) in [5, 5.41) is 9.48. The van der Waals surface area contributed by atoms with Crippen molar-refractivity contribution in [3.05, 3.63) is 5.28 Å². The highest BCUT2D eigenvalue weighted by Crippen LogP contribution is 2.19. The molecular weight excluding hydrogens is 258 g/mol. The fourth-order valence-corrected chi connectivity index (χ4v) is 1.88. The monoisotopic (exact) mass is 273 g/mol. The molecule has 0 bridgehead atoms. The van der Waals surface area contributed by atoms with Gasteiger partial charge in [0, 0.05) is 20.6 Å². The molecule has 0 spiro atoms. The Morgan fingerprint density at radius 3 is 2.89 bits per heavy atom. The minimum absolute atomic E-state index is 0.0133. The van der Waals surface area contributed by atoms with Crippen LogP contribution in [0.5, 0.6) is 0 Å². The van der Waals surface area contributed by atoms with Crippen LogP contribution >= 0.6 is 11.6 Å². The predicted molar refractivity (Wildman–Crippen MR) is 68.2 cm³/mol. The van der Waals surface area contributed by atoms with Crippen LogP contribution in [0.25, 0.3) is 0 Å². The number of morpholine rings is 1. The van der Waals surface area contributed by atoms with Crippen molar-refractivity contribution >= 4 is 23.5 Å². The molecule has 0 aromatic carbocycles. The summed E-state index contributed by atoms with van der Waals surface area (Å²) in [5.41, 5.74) is 0. The second-order valence-electron chi connectivity index (χ2n) is 4.20. The highest BCUT2D eigenvalue weighted by atomic mass is 35.5. The standard InChI is InChI=1S/C10H16ClN5O2/c1-15(2)9-12-8(11)13-10(14-9)16-3-4-18-6-7(16)5-17/h7,17H,3-6H2,1-2H3. The molecule has 7 nitrogen and oxygen atoms in total. The van der Waals surface area contributed by atoms with Crippen molar-refractivity contribution in [1.82, 2.24) is 15.0 Å². The molecule has 8 heteroatoms. The first-order valence-electron chi connectivity index (χ1n) is 5.66. The first-order chi connectivity index (χ1) is 8.61. The maximum absolute atomic E-state index is 9.33. The van der Waals surface area contributed by atoms with E-state index in [-0.39, 0.29) is 17.9 Å². The van der Waals surface area contributed by atoms with Crippen molar-refractivity contribution in [1.29, 1.82) is 0 Å². The van der Waals surface area contributed by atoms with Crippen LogP contribution < -0.4 is 9.80 Å². The van der Waals surface area contributed by atoms with Crippen LogP contribution in [0.1, 0.15) is 0 Å². The van der Waals surface area contributed by atoms with E-state index < -0.39 is 0 Å². The summed E-state index contributed by atoms with van der Waals surface area (Å²) in [6.07, 6.45) is 0. The number of anilines is 2. The summed E-state index contributed by atoms with van der Waals surface area (Å²) in [6.45, 7) is 1.65. The molecular formula is C10H16ClN5O2. The predicted octanol–water partition coefficient (Wildman–Crippen LogP) is -0.212. The molecule has 2 rings (SSSR count). The first kappa shape index (κ1) is 13.3. The van der Waals surface area contributed by atoms with Gasteiger partial charge in [0.2, 0.25) is 17.2 Å². The highest BCUT2D eigenvalue weighted by Gasteiger charge is 2.25. The average Bonchev–Trinajstić information content (AvgIpc) is 2.38. The lowest BCUT2D eigenvalue weighted by molar-refractivity contribution is 0.0718. The van der Waals surface area contributed by atoms with Crippen molar-refractivity contribution < 1.29 is 9.84 Å². The minimum Gasteiger partial charge on any atom is -0.394 e. The average molecular weight is 274 g/mol. The zero-order valence-corrected chi connectivity index (χ0v) is 11.1. The number of nitrogens with zero attached hydrogens (tertiary/aromatic N) is 5. The maximum Gasteiger partial charge on any atom is 0.231 e. The Balaban J connectivity index is 2.30. The van der Waals surface area contributed by atoms with E-state index in [4.69, 9.17) is 16.3 Å². The zero-order valence-electron chi connectivity index (χ0n) is 10.4. The van der Waals surface area contributed by atoms with Crippen molar-refractivity contribution in [3.8, 4) is 0 Å². The smallest absolute Gasteiger partial charge is 0.231 e. The van der Waals surface area contributed by atoms with E-state index in [2.05, 4.69) is 15.0 Å². The molecule has 1 aromatic rings. The molecule has 18 heavy (non-hydrogen) atoms. The lowest BCUT2D eigenvalue weighted by Gasteiger charge is -2.34. The van der Waals surface area contributed by atoms with E-state index in [9.17, 15) is 5.11 Å². The molecule has 0 aliphatic carbocycles. The van der Waals surface area contributed by atoms with Crippen LogP contribution in [0, 0.1) is 0 Å². The third kappa shape index (κ3) is 2.80. The Hall–Kier alpha value is -1.18. The molecule has 1 aromatic heterocycles. The third-order valence-corrected chi connectivity index (χ3v) is 2.85. The van der Waals surface area contributed by atoms with Crippen molar-refractivity contribution in [2.45, 2.75) is 6.04 Å². The summed E-state index contributed by atoms with van der Waals surface area (Å²) in [5.74, 6) is 0.967. The number of aromatic nitrogens is 3. The van der Waals surface area contributed by atoms with Gasteiger partial charge in [-0.2, -0.15) is 15.0 Å². The van der Waals surface area contributed by atoms with E-state index in [0.717, 1.165) is 0 Å². The maximum atomic E-state index is 9.33. The van der Waals surface area contributed by atoms with Crippen LogP contribution in [0.15, 0.2) is 0 Å². The van der Waals surface area contributed by atoms with Gasteiger partial charge in [-0.05, 0) is 11.6 Å². The van der Waals surface area contributed by atoms with Gasteiger partial charge >= 0.3 is 0 Å². The lowest BCUT2D eigenvalue weighted by atomic mass is 10.2. The SMILES string of the molecule is CN(C)c1nc(Cl)nc(N2CCOCC2CO)n1. The molecule has 0 amide bonds. The quantitative estimate of drug-likeness (QED) is 0.817. The van der Waals surface area contributed by atoms with E-state index in [1.807, 2.05) is 19.0 Å². The molecule has 2 heterocycles. The van der Waals surface area contributed by atoms with Crippen LogP contribution in [-0.4, -0.2) is 66.6 Å². The normalized spacial score (nSPS) is 20.0. The van der Waals surface area contributed by atoms with Gasteiger partial charge < -0.3 is 19.6 Å². The van der Waals surface area contributed by atoms with Crippen LogP contribution in [0.2, 0.25) is 5.28 Å². The van der Waals surface area contributed by atoms with Crippen LogP contribution in [-0.2, 0) is 4.74 Å². The summed E-state index contributed by atoms with van der Waals surface area (Å²) >= 11 is 5.89. The fraction of sp³-hybridized carbons (Fsp3) is 0.700. The Labute approximate surface area is 110 Å². The Bertz CT molecular complexity index is 417. The molecule has 0 radical (unpaired) electrons. The molecule has 1 saturated heterocycles. The highest BCUT2D eigenvalue weighted by molar-refractivity contribution is 6.28. The summed E-state index contributed by atoms with van der Waals surface area (Å²) in [6, 6.07) is -0.146. The summed E-state index contributed by atoms with van der Waals surface area (Å²) < 4.78 is 5.32. The second kappa shape index (κ2) is 5.64. The third-order valence-electron chi connectivity index (χ3n) is 2.68. The topological polar surface area (TPSA) is 74.6 Å². The van der Waals surface area contributed by atoms with Crippen molar-refractivity contribution in [2.24, 2.45) is 0 Å². The van der Waals surface area contributed by atoms with Gasteiger partial charge in [-0.3, -0.25) is 0 Å². The lowest BCUT2D eigenvalue weighted by Crippen LogP contribution is -2.48. The second-order valence-corrected chi connectivity index (χ2v) is 4.54. The van der Waals surface area contributed by atoms with Gasteiger partial charge in [-0.25, -0.2) is 0 Å². The van der Waals surface area contributed by atoms with Crippen LogP contribution in [0.3, 0.4) is 0 Å². The molecule has 1 aliphatic heterocycles. The molecule has 1 fully saturated rings. The van der Waals surface area contributed by atoms with Gasteiger partial charge in [-0.1, -0.05) is 0 Å². The largest absolute Gasteiger partial charge is 0.394 e. The Kier molecular flexibility index (Phi) is 4.15. The first-order valence-corrected chi connectivity index (χ1v) is 6.03. The van der Waals surface area contributed by atoms with E-state index >= 15 is 0 Å². The molecule has 0 saturated carbocycles. The number of hydrogen-bond acceptors (Lipinski definition) is 7. The number of rotatable bonds is 3. The van der Waals surface area contributed by atoms with E-state index in [1.165, 1.54) is 0 Å². The number of ether oxygens (including phenoxy) is 1. The van der Waals surface area contributed by atoms with E-state index in [1.54, 1.807) is 4.90 Å². The molecule has 1 N–H and O–H groups in total. The zero-order chi connectivity index (χ0) is 13.1. The number of aliphatic hydroxyl groups is 1. The van der Waals surface area contributed by atoms with Gasteiger partial charge in [0.05, 0.1) is 25.9 Å². The van der Waals surface area contributed by atoms with Gasteiger partial charge in [-0.15, -0.1) is 0 Å². The minimum atomic E-state index is -0.146. The van der Waals surface area contributed by atoms with E-state index in [0.29, 0.717) is 31.7 Å². The fourth-order valence-electron chi connectivity index (χ4n) is 1.73. The Morgan fingerprint density at radius 2 is 2.22 bits per heavy atom. The number of aliphatic hydroxyl groups excluding tert-OH is 1. The van der Waals surface area contributed by atoms with Gasteiger partial charge in [0.15, 0.2) is 0 Å². The number of halogens is 1. The molecule has 1 unspecified atom stereocenters. The van der Waals surface area contributed by atoms with Gasteiger partial charge in [0.25, 0.3) is 0 Å². The van der Waals surface area contributed by atoms with Crippen molar-refractivity contribution in [3.63, 3.8) is 0 Å². The summed E-state index contributed by atoms with van der Waals surface area (Å²) in [4.78, 5) is 16.1. The van der Waals surface area contributed by atoms with Crippen molar-refractivity contribution in [2.75, 3.05) is 50.3 Å². The Morgan fingerprint density at radius 1 is 1.44 bits per heavy atom. The van der Waals surface area contributed by atoms with Crippen LogP contribution in [0.4, 0.5) is 11.9 Å². The number of hydrogen-bond donors (Lipinski definition) is 1.